The van der Waals surface area contributed by atoms with Crippen molar-refractivity contribution in [3.63, 3.8) is 0 Å². The number of nitrogens with two attached hydrogens (primary N) is 1. The lowest BCUT2D eigenvalue weighted by Crippen LogP contribution is -2.26. The summed E-state index contributed by atoms with van der Waals surface area (Å²) in [6.45, 7) is 4.87. The van der Waals surface area contributed by atoms with Crippen LogP contribution in [-0.2, 0) is 0 Å². The largest absolute Gasteiger partial charge is 0.351 e. The van der Waals surface area contributed by atoms with E-state index in [0.717, 1.165) is 13.1 Å². The molecule has 0 radical (unpaired) electrons. The number of likely N-dealkylation sites (tertiary alicyclic amines) is 1. The molecule has 5 nitrogen and oxygen atoms in total. The molecule has 1 aliphatic rings. The molecule has 1 fully saturated rings. The van der Waals surface area contributed by atoms with Crippen molar-refractivity contribution in [2.24, 2.45) is 5.73 Å². The van der Waals surface area contributed by atoms with Gasteiger partial charge in [0.1, 0.15) is 0 Å². The Morgan fingerprint density at radius 2 is 2.24 bits per heavy atom. The van der Waals surface area contributed by atoms with Gasteiger partial charge in [-0.2, -0.15) is 0 Å². The SMILES string of the molecule is CC(CN)Nc1ncc(C2CCN(C)C2)cn1. The van der Waals surface area contributed by atoms with Gasteiger partial charge >= 0.3 is 0 Å². The van der Waals surface area contributed by atoms with Gasteiger partial charge in [0.05, 0.1) is 0 Å². The molecule has 2 unspecified atom stereocenters. The summed E-state index contributed by atoms with van der Waals surface area (Å²) >= 11 is 0. The zero-order valence-corrected chi connectivity index (χ0v) is 10.6. The Morgan fingerprint density at radius 3 is 2.76 bits per heavy atom. The predicted molar refractivity (Wildman–Crippen MR) is 69.0 cm³/mol. The van der Waals surface area contributed by atoms with Gasteiger partial charge in [-0.05, 0) is 32.5 Å². The van der Waals surface area contributed by atoms with E-state index in [1.807, 2.05) is 19.3 Å². The van der Waals surface area contributed by atoms with Crippen LogP contribution in [0.1, 0.15) is 24.8 Å². The number of nitrogens with one attached hydrogen (secondary N) is 1. The van der Waals surface area contributed by atoms with Crippen LogP contribution in [0.25, 0.3) is 0 Å². The number of likely N-dealkylation sites (N-methyl/N-ethyl adjacent to an activating group) is 1. The lowest BCUT2D eigenvalue weighted by Gasteiger charge is -2.13. The Balaban J connectivity index is 1.98. The summed E-state index contributed by atoms with van der Waals surface area (Å²) in [5, 5.41) is 3.16. The molecule has 5 heteroatoms. The maximum atomic E-state index is 5.54. The fraction of sp³-hybridized carbons (Fsp3) is 0.667. The molecule has 94 valence electrons. The second-order valence-electron chi connectivity index (χ2n) is 4.87. The summed E-state index contributed by atoms with van der Waals surface area (Å²) < 4.78 is 0. The van der Waals surface area contributed by atoms with Crippen LogP contribution in [0.4, 0.5) is 5.95 Å². The number of aromatic nitrogens is 2. The Hall–Kier alpha value is -1.20. The summed E-state index contributed by atoms with van der Waals surface area (Å²) in [5.41, 5.74) is 6.78. The van der Waals surface area contributed by atoms with Crippen LogP contribution >= 0.6 is 0 Å². The molecule has 1 aromatic heterocycles. The standard InChI is InChI=1S/C12H21N5/c1-9(5-13)16-12-14-6-11(7-15-12)10-3-4-17(2)8-10/h6-7,9-10H,3-5,8,13H2,1-2H3,(H,14,15,16). The molecule has 1 aromatic rings. The van der Waals surface area contributed by atoms with Gasteiger partial charge < -0.3 is 16.0 Å². The van der Waals surface area contributed by atoms with Crippen molar-refractivity contribution in [3.8, 4) is 0 Å². The van der Waals surface area contributed by atoms with Gasteiger partial charge in [-0.3, -0.25) is 0 Å². The first-order chi connectivity index (χ1) is 8.19. The Morgan fingerprint density at radius 1 is 1.53 bits per heavy atom. The number of hydrogen-bond donors (Lipinski definition) is 2. The number of anilines is 1. The third kappa shape index (κ3) is 3.14. The van der Waals surface area contributed by atoms with Gasteiger partial charge in [-0.1, -0.05) is 0 Å². The van der Waals surface area contributed by atoms with Crippen molar-refractivity contribution < 1.29 is 0 Å². The Kier molecular flexibility index (Phi) is 3.91. The van der Waals surface area contributed by atoms with Gasteiger partial charge in [-0.25, -0.2) is 9.97 Å². The van der Waals surface area contributed by atoms with E-state index >= 15 is 0 Å². The van der Waals surface area contributed by atoms with Gasteiger partial charge in [0.15, 0.2) is 0 Å². The van der Waals surface area contributed by atoms with E-state index in [1.54, 1.807) is 0 Å². The quantitative estimate of drug-likeness (QED) is 0.802. The summed E-state index contributed by atoms with van der Waals surface area (Å²) in [6.07, 6.45) is 5.07. The molecule has 0 bridgehead atoms. The lowest BCUT2D eigenvalue weighted by atomic mass is 10.0. The summed E-state index contributed by atoms with van der Waals surface area (Å²) in [5.74, 6) is 1.25. The monoisotopic (exact) mass is 235 g/mol. The van der Waals surface area contributed by atoms with E-state index in [-0.39, 0.29) is 6.04 Å². The highest BCUT2D eigenvalue weighted by molar-refractivity contribution is 5.27. The van der Waals surface area contributed by atoms with E-state index in [4.69, 9.17) is 5.73 Å². The van der Waals surface area contributed by atoms with E-state index in [2.05, 4.69) is 27.2 Å². The molecular formula is C12H21N5. The normalized spacial score (nSPS) is 22.6. The lowest BCUT2D eigenvalue weighted by molar-refractivity contribution is 0.411. The predicted octanol–water partition coefficient (Wildman–Crippen LogP) is 0.655. The highest BCUT2D eigenvalue weighted by Gasteiger charge is 2.21. The topological polar surface area (TPSA) is 67.1 Å². The Labute approximate surface area is 102 Å². The molecule has 0 aliphatic carbocycles. The minimum atomic E-state index is 0.207. The van der Waals surface area contributed by atoms with Crippen molar-refractivity contribution in [3.05, 3.63) is 18.0 Å². The second-order valence-corrected chi connectivity index (χ2v) is 4.87. The molecule has 0 spiro atoms. The maximum Gasteiger partial charge on any atom is 0.222 e. The van der Waals surface area contributed by atoms with Crippen molar-refractivity contribution in [1.29, 1.82) is 0 Å². The van der Waals surface area contributed by atoms with E-state index in [1.165, 1.54) is 12.0 Å². The molecule has 0 saturated carbocycles. The number of rotatable bonds is 4. The van der Waals surface area contributed by atoms with E-state index < -0.39 is 0 Å². The van der Waals surface area contributed by atoms with Crippen LogP contribution in [0.15, 0.2) is 12.4 Å². The van der Waals surface area contributed by atoms with Gasteiger partial charge in [0, 0.05) is 37.4 Å². The summed E-state index contributed by atoms with van der Waals surface area (Å²) in [7, 11) is 2.15. The highest BCUT2D eigenvalue weighted by Crippen LogP contribution is 2.25. The summed E-state index contributed by atoms with van der Waals surface area (Å²) in [4.78, 5) is 11.0. The molecule has 1 aliphatic heterocycles. The first-order valence-electron chi connectivity index (χ1n) is 6.16. The fourth-order valence-corrected chi connectivity index (χ4v) is 2.11. The molecule has 3 N–H and O–H groups in total. The molecular weight excluding hydrogens is 214 g/mol. The van der Waals surface area contributed by atoms with E-state index in [0.29, 0.717) is 18.4 Å². The van der Waals surface area contributed by atoms with Crippen molar-refractivity contribution in [2.75, 3.05) is 32.0 Å². The average molecular weight is 235 g/mol. The van der Waals surface area contributed by atoms with Crippen LogP contribution in [0, 0.1) is 0 Å². The first-order valence-corrected chi connectivity index (χ1v) is 6.16. The molecule has 2 heterocycles. The number of hydrogen-bond acceptors (Lipinski definition) is 5. The molecule has 17 heavy (non-hydrogen) atoms. The third-order valence-corrected chi connectivity index (χ3v) is 3.26. The first kappa shape index (κ1) is 12.3. The van der Waals surface area contributed by atoms with Crippen LogP contribution in [0.3, 0.4) is 0 Å². The zero-order valence-electron chi connectivity index (χ0n) is 10.6. The minimum Gasteiger partial charge on any atom is -0.351 e. The molecule has 1 saturated heterocycles. The maximum absolute atomic E-state index is 5.54. The van der Waals surface area contributed by atoms with E-state index in [9.17, 15) is 0 Å². The van der Waals surface area contributed by atoms with Gasteiger partial charge in [0.25, 0.3) is 0 Å². The highest BCUT2D eigenvalue weighted by atomic mass is 15.1. The minimum absolute atomic E-state index is 0.207. The smallest absolute Gasteiger partial charge is 0.222 e. The van der Waals surface area contributed by atoms with Crippen molar-refractivity contribution in [1.82, 2.24) is 14.9 Å². The molecule has 2 atom stereocenters. The van der Waals surface area contributed by atoms with Crippen LogP contribution < -0.4 is 11.1 Å². The van der Waals surface area contributed by atoms with Crippen LogP contribution in [-0.4, -0.2) is 47.6 Å². The van der Waals surface area contributed by atoms with Crippen molar-refractivity contribution >= 4 is 5.95 Å². The van der Waals surface area contributed by atoms with Crippen LogP contribution in [0.2, 0.25) is 0 Å². The second kappa shape index (κ2) is 5.42. The van der Waals surface area contributed by atoms with Crippen LogP contribution in [0.5, 0.6) is 0 Å². The Bertz CT molecular complexity index is 350. The average Bonchev–Trinajstić information content (AvgIpc) is 2.77. The van der Waals surface area contributed by atoms with Gasteiger partial charge in [-0.15, -0.1) is 0 Å². The summed E-state index contributed by atoms with van der Waals surface area (Å²) in [6, 6.07) is 0.207. The fourth-order valence-electron chi connectivity index (χ4n) is 2.11. The molecule has 0 aromatic carbocycles. The molecule has 2 rings (SSSR count). The zero-order chi connectivity index (χ0) is 12.3. The number of nitrogens with zero attached hydrogens (tertiary/aromatic N) is 3. The molecule has 0 amide bonds. The van der Waals surface area contributed by atoms with Crippen molar-refractivity contribution in [2.45, 2.75) is 25.3 Å². The third-order valence-electron chi connectivity index (χ3n) is 3.26. The van der Waals surface area contributed by atoms with Gasteiger partial charge in [0.2, 0.25) is 5.95 Å².